The highest BCUT2D eigenvalue weighted by molar-refractivity contribution is 7.91. The van der Waals surface area contributed by atoms with E-state index in [-0.39, 0.29) is 0 Å². The summed E-state index contributed by atoms with van der Waals surface area (Å²) in [5.41, 5.74) is 0. The van der Waals surface area contributed by atoms with E-state index in [0.29, 0.717) is 12.8 Å². The average Bonchev–Trinajstić information content (AvgIpc) is 2.08. The summed E-state index contributed by atoms with van der Waals surface area (Å²) in [6.45, 7) is 1.90. The van der Waals surface area contributed by atoms with Gasteiger partial charge in [-0.25, -0.2) is 13.2 Å². The Morgan fingerprint density at radius 2 is 1.94 bits per heavy atom. The third kappa shape index (κ3) is 7.22. The molecule has 1 amide bonds. The first-order chi connectivity index (χ1) is 7.26. The Hall–Kier alpha value is -1.11. The molecule has 0 aliphatic carbocycles. The standard InChI is InChI=1S/C9H17NO5S/c1-3-4-5-7(9(12)13)10-8(11)6-16(2,14)15/h7H,3-6H2,1-2H3,(H,10,11)(H,12,13)/t7-/m0/s1. The maximum Gasteiger partial charge on any atom is 0.326 e. The van der Waals surface area contributed by atoms with Crippen LogP contribution in [0.3, 0.4) is 0 Å². The molecule has 0 aromatic rings. The van der Waals surface area contributed by atoms with Crippen molar-refractivity contribution in [2.45, 2.75) is 32.2 Å². The van der Waals surface area contributed by atoms with Gasteiger partial charge in [0.05, 0.1) is 0 Å². The fourth-order valence-corrected chi connectivity index (χ4v) is 1.70. The third-order valence-corrected chi connectivity index (χ3v) is 2.66. The van der Waals surface area contributed by atoms with E-state index < -0.39 is 33.5 Å². The number of unbranched alkanes of at least 4 members (excludes halogenated alkanes) is 1. The fourth-order valence-electron chi connectivity index (χ4n) is 1.14. The van der Waals surface area contributed by atoms with Crippen LogP contribution in [-0.4, -0.2) is 43.5 Å². The summed E-state index contributed by atoms with van der Waals surface area (Å²) in [7, 11) is -3.42. The highest BCUT2D eigenvalue weighted by Gasteiger charge is 2.20. The maximum absolute atomic E-state index is 11.2. The van der Waals surface area contributed by atoms with Gasteiger partial charge in [-0.1, -0.05) is 19.8 Å². The molecule has 6 nitrogen and oxygen atoms in total. The molecular weight excluding hydrogens is 234 g/mol. The molecule has 0 spiro atoms. The number of hydrogen-bond donors (Lipinski definition) is 2. The van der Waals surface area contributed by atoms with Gasteiger partial charge in [-0.05, 0) is 6.42 Å². The fraction of sp³-hybridized carbons (Fsp3) is 0.778. The van der Waals surface area contributed by atoms with E-state index >= 15 is 0 Å². The van der Waals surface area contributed by atoms with Crippen LogP contribution in [0.1, 0.15) is 26.2 Å². The van der Waals surface area contributed by atoms with Crippen molar-refractivity contribution in [1.82, 2.24) is 5.32 Å². The average molecular weight is 251 g/mol. The number of carbonyl (C=O) groups is 2. The van der Waals surface area contributed by atoms with Crippen LogP contribution in [0.15, 0.2) is 0 Å². The van der Waals surface area contributed by atoms with Gasteiger partial charge in [0.2, 0.25) is 5.91 Å². The molecule has 0 saturated carbocycles. The number of sulfone groups is 1. The molecule has 0 unspecified atom stereocenters. The van der Waals surface area contributed by atoms with Gasteiger partial charge < -0.3 is 10.4 Å². The van der Waals surface area contributed by atoms with E-state index in [2.05, 4.69) is 5.32 Å². The molecule has 2 N–H and O–H groups in total. The van der Waals surface area contributed by atoms with Gasteiger partial charge in [-0.15, -0.1) is 0 Å². The van der Waals surface area contributed by atoms with Crippen molar-refractivity contribution in [2.24, 2.45) is 0 Å². The number of carboxylic acid groups (broad SMARTS) is 1. The molecular formula is C9H17NO5S. The van der Waals surface area contributed by atoms with Crippen molar-refractivity contribution in [1.29, 1.82) is 0 Å². The molecule has 0 rings (SSSR count). The predicted molar refractivity (Wildman–Crippen MR) is 58.8 cm³/mol. The minimum absolute atomic E-state index is 0.307. The lowest BCUT2D eigenvalue weighted by Crippen LogP contribution is -2.43. The quantitative estimate of drug-likeness (QED) is 0.652. The predicted octanol–water partition coefficient (Wildman–Crippen LogP) is -0.209. The van der Waals surface area contributed by atoms with Crippen molar-refractivity contribution in [3.63, 3.8) is 0 Å². The van der Waals surface area contributed by atoms with E-state index in [1.165, 1.54) is 0 Å². The zero-order valence-corrected chi connectivity index (χ0v) is 10.2. The highest BCUT2D eigenvalue weighted by atomic mass is 32.2. The first-order valence-corrected chi connectivity index (χ1v) is 7.02. The SMILES string of the molecule is CCCC[C@H](NC(=O)CS(C)(=O)=O)C(=O)O. The molecule has 94 valence electrons. The lowest BCUT2D eigenvalue weighted by molar-refractivity contribution is -0.141. The van der Waals surface area contributed by atoms with Crippen LogP contribution in [0.4, 0.5) is 0 Å². The van der Waals surface area contributed by atoms with Crippen LogP contribution < -0.4 is 5.32 Å². The van der Waals surface area contributed by atoms with Crippen molar-refractivity contribution >= 4 is 21.7 Å². The second-order valence-electron chi connectivity index (χ2n) is 3.67. The van der Waals surface area contributed by atoms with Gasteiger partial charge in [-0.2, -0.15) is 0 Å². The molecule has 0 aromatic carbocycles. The Balaban J connectivity index is 4.29. The van der Waals surface area contributed by atoms with Crippen LogP contribution in [0, 0.1) is 0 Å². The minimum atomic E-state index is -3.42. The number of nitrogens with one attached hydrogen (secondary N) is 1. The number of aliphatic carboxylic acids is 1. The summed E-state index contributed by atoms with van der Waals surface area (Å²) >= 11 is 0. The second kappa shape index (κ2) is 6.47. The van der Waals surface area contributed by atoms with Crippen LogP contribution in [0.25, 0.3) is 0 Å². The molecule has 0 saturated heterocycles. The van der Waals surface area contributed by atoms with Crippen LogP contribution in [0.2, 0.25) is 0 Å². The van der Waals surface area contributed by atoms with E-state index in [1.54, 1.807) is 0 Å². The third-order valence-electron chi connectivity index (χ3n) is 1.87. The lowest BCUT2D eigenvalue weighted by Gasteiger charge is -2.13. The monoisotopic (exact) mass is 251 g/mol. The zero-order valence-electron chi connectivity index (χ0n) is 9.39. The molecule has 0 heterocycles. The Kier molecular flexibility index (Phi) is 6.02. The van der Waals surface area contributed by atoms with Crippen LogP contribution in [-0.2, 0) is 19.4 Å². The van der Waals surface area contributed by atoms with E-state index in [9.17, 15) is 18.0 Å². The number of amides is 1. The van der Waals surface area contributed by atoms with E-state index in [4.69, 9.17) is 5.11 Å². The van der Waals surface area contributed by atoms with Crippen LogP contribution >= 0.6 is 0 Å². The minimum Gasteiger partial charge on any atom is -0.480 e. The Morgan fingerprint density at radius 3 is 2.31 bits per heavy atom. The van der Waals surface area contributed by atoms with Crippen molar-refractivity contribution in [3.05, 3.63) is 0 Å². The summed E-state index contributed by atoms with van der Waals surface area (Å²) in [4.78, 5) is 21.9. The van der Waals surface area contributed by atoms with Gasteiger partial charge in [0.25, 0.3) is 0 Å². The second-order valence-corrected chi connectivity index (χ2v) is 5.81. The first-order valence-electron chi connectivity index (χ1n) is 4.96. The Bertz CT molecular complexity index is 349. The number of hydrogen-bond acceptors (Lipinski definition) is 4. The number of rotatable bonds is 7. The normalized spacial score (nSPS) is 13.1. The number of carbonyl (C=O) groups excluding carboxylic acids is 1. The molecule has 0 fully saturated rings. The van der Waals surface area contributed by atoms with E-state index in [0.717, 1.165) is 12.7 Å². The van der Waals surface area contributed by atoms with Gasteiger partial charge in [0, 0.05) is 6.26 Å². The van der Waals surface area contributed by atoms with E-state index in [1.807, 2.05) is 6.92 Å². The molecule has 0 aliphatic rings. The molecule has 16 heavy (non-hydrogen) atoms. The largest absolute Gasteiger partial charge is 0.480 e. The smallest absolute Gasteiger partial charge is 0.326 e. The maximum atomic E-state index is 11.2. The van der Waals surface area contributed by atoms with Crippen molar-refractivity contribution < 1.29 is 23.1 Å². The number of carboxylic acids is 1. The molecule has 0 radical (unpaired) electrons. The lowest BCUT2D eigenvalue weighted by atomic mass is 10.1. The van der Waals surface area contributed by atoms with Gasteiger partial charge in [-0.3, -0.25) is 4.79 Å². The zero-order chi connectivity index (χ0) is 12.8. The Morgan fingerprint density at radius 1 is 1.38 bits per heavy atom. The summed E-state index contributed by atoms with van der Waals surface area (Å²) in [6, 6.07) is -1.01. The molecule has 0 bridgehead atoms. The summed E-state index contributed by atoms with van der Waals surface area (Å²) in [5.74, 6) is -2.59. The molecule has 7 heteroatoms. The van der Waals surface area contributed by atoms with Crippen molar-refractivity contribution in [2.75, 3.05) is 12.0 Å². The first kappa shape index (κ1) is 14.9. The Labute approximate surface area is 95.0 Å². The highest BCUT2D eigenvalue weighted by Crippen LogP contribution is 2.01. The topological polar surface area (TPSA) is 101 Å². The summed E-state index contributed by atoms with van der Waals surface area (Å²) in [5, 5.41) is 11.0. The molecule has 0 aromatic heterocycles. The summed E-state index contributed by atoms with van der Waals surface area (Å²) < 4.78 is 21.6. The van der Waals surface area contributed by atoms with Crippen LogP contribution in [0.5, 0.6) is 0 Å². The molecule has 0 aliphatic heterocycles. The van der Waals surface area contributed by atoms with Crippen molar-refractivity contribution in [3.8, 4) is 0 Å². The summed E-state index contributed by atoms with van der Waals surface area (Å²) in [6.07, 6.45) is 2.71. The van der Waals surface area contributed by atoms with Gasteiger partial charge in [0.15, 0.2) is 9.84 Å². The van der Waals surface area contributed by atoms with Gasteiger partial charge >= 0.3 is 5.97 Å². The van der Waals surface area contributed by atoms with Gasteiger partial charge in [0.1, 0.15) is 11.8 Å². The molecule has 1 atom stereocenters.